The zero-order valence-corrected chi connectivity index (χ0v) is 12.2. The van der Waals surface area contributed by atoms with Gasteiger partial charge in [0.1, 0.15) is 0 Å². The minimum atomic E-state index is -0.467. The van der Waals surface area contributed by atoms with Gasteiger partial charge in [0, 0.05) is 11.6 Å². The molecule has 0 aliphatic heterocycles. The molecule has 0 heterocycles. The van der Waals surface area contributed by atoms with Gasteiger partial charge in [-0.05, 0) is 43.5 Å². The molecule has 2 aromatic carbocycles. The number of nitrogens with one attached hydrogen (secondary N) is 1. The van der Waals surface area contributed by atoms with E-state index in [1.165, 1.54) is 5.56 Å². The van der Waals surface area contributed by atoms with E-state index in [0.29, 0.717) is 11.3 Å². The average Bonchev–Trinajstić information content (AvgIpc) is 2.48. The van der Waals surface area contributed by atoms with E-state index in [9.17, 15) is 4.79 Å². The Morgan fingerprint density at radius 3 is 2.52 bits per heavy atom. The topological polar surface area (TPSA) is 81.1 Å². The fraction of sp³-hybridized carbons (Fsp3) is 0.235. The van der Waals surface area contributed by atoms with Crippen LogP contribution in [0.2, 0.25) is 0 Å². The molecule has 1 atom stereocenters. The van der Waals surface area contributed by atoms with Gasteiger partial charge in [0.25, 0.3) is 0 Å². The SMILES string of the molecule is C[C@H](CCc1ccccc1)Nc1ccc(C(N)=O)cc1N. The maximum atomic E-state index is 11.1. The van der Waals surface area contributed by atoms with E-state index in [2.05, 4.69) is 24.4 Å². The molecule has 4 nitrogen and oxygen atoms in total. The lowest BCUT2D eigenvalue weighted by Gasteiger charge is -2.17. The third kappa shape index (κ3) is 4.24. The minimum absolute atomic E-state index is 0.284. The van der Waals surface area contributed by atoms with Crippen LogP contribution in [0.1, 0.15) is 29.3 Å². The maximum absolute atomic E-state index is 11.1. The number of carbonyl (C=O) groups excluding carboxylic acids is 1. The van der Waals surface area contributed by atoms with Crippen LogP contribution in [0.4, 0.5) is 11.4 Å². The Kier molecular flexibility index (Phi) is 4.82. The Labute approximate surface area is 125 Å². The molecule has 0 aliphatic rings. The second kappa shape index (κ2) is 6.79. The number of aryl methyl sites for hydroxylation is 1. The van der Waals surface area contributed by atoms with E-state index in [1.807, 2.05) is 18.2 Å². The standard InChI is InChI=1S/C17H21N3O/c1-12(7-8-13-5-3-2-4-6-13)20-16-10-9-14(17(19)21)11-15(16)18/h2-6,9-12,20H,7-8,18H2,1H3,(H2,19,21)/t12-/m1/s1. The zero-order valence-electron chi connectivity index (χ0n) is 12.2. The first-order valence-corrected chi connectivity index (χ1v) is 7.06. The van der Waals surface area contributed by atoms with E-state index in [1.54, 1.807) is 18.2 Å². The molecule has 0 spiro atoms. The van der Waals surface area contributed by atoms with Crippen LogP contribution >= 0.6 is 0 Å². The van der Waals surface area contributed by atoms with Crippen LogP contribution in [0.25, 0.3) is 0 Å². The van der Waals surface area contributed by atoms with Crippen LogP contribution in [0.15, 0.2) is 48.5 Å². The first-order valence-electron chi connectivity index (χ1n) is 7.06. The highest BCUT2D eigenvalue weighted by molar-refractivity contribution is 5.94. The van der Waals surface area contributed by atoms with Crippen LogP contribution in [0, 0.1) is 0 Å². The van der Waals surface area contributed by atoms with E-state index in [4.69, 9.17) is 11.5 Å². The molecule has 0 aromatic heterocycles. The monoisotopic (exact) mass is 283 g/mol. The molecular weight excluding hydrogens is 262 g/mol. The number of benzene rings is 2. The fourth-order valence-corrected chi connectivity index (χ4v) is 2.21. The number of nitrogen functional groups attached to an aromatic ring is 1. The number of primary amides is 1. The molecule has 5 N–H and O–H groups in total. The summed E-state index contributed by atoms with van der Waals surface area (Å²) in [4.78, 5) is 11.1. The lowest BCUT2D eigenvalue weighted by atomic mass is 10.1. The summed E-state index contributed by atoms with van der Waals surface area (Å²) in [5.74, 6) is -0.467. The second-order valence-electron chi connectivity index (χ2n) is 5.24. The van der Waals surface area contributed by atoms with Crippen molar-refractivity contribution in [3.63, 3.8) is 0 Å². The number of anilines is 2. The van der Waals surface area contributed by atoms with Crippen molar-refractivity contribution in [3.8, 4) is 0 Å². The number of hydrogen-bond acceptors (Lipinski definition) is 3. The van der Waals surface area contributed by atoms with Crippen molar-refractivity contribution in [2.45, 2.75) is 25.8 Å². The lowest BCUT2D eigenvalue weighted by molar-refractivity contribution is 0.100. The Bertz CT molecular complexity index is 611. The summed E-state index contributed by atoms with van der Waals surface area (Å²) >= 11 is 0. The molecule has 0 fully saturated rings. The van der Waals surface area contributed by atoms with Gasteiger partial charge in [-0.3, -0.25) is 4.79 Å². The van der Waals surface area contributed by atoms with E-state index < -0.39 is 5.91 Å². The molecule has 1 amide bonds. The van der Waals surface area contributed by atoms with Gasteiger partial charge in [-0.15, -0.1) is 0 Å². The number of hydrogen-bond donors (Lipinski definition) is 3. The minimum Gasteiger partial charge on any atom is -0.397 e. The molecule has 0 unspecified atom stereocenters. The zero-order chi connectivity index (χ0) is 15.2. The normalized spacial score (nSPS) is 11.9. The lowest BCUT2D eigenvalue weighted by Crippen LogP contribution is -2.18. The first-order chi connectivity index (χ1) is 10.1. The third-order valence-corrected chi connectivity index (χ3v) is 3.45. The summed E-state index contributed by atoms with van der Waals surface area (Å²) < 4.78 is 0. The van der Waals surface area contributed by atoms with Crippen molar-refractivity contribution in [2.24, 2.45) is 5.73 Å². The van der Waals surface area contributed by atoms with Crippen molar-refractivity contribution in [3.05, 3.63) is 59.7 Å². The Morgan fingerprint density at radius 2 is 1.90 bits per heavy atom. The van der Waals surface area contributed by atoms with Gasteiger partial charge in [0.2, 0.25) is 5.91 Å². The van der Waals surface area contributed by atoms with Gasteiger partial charge < -0.3 is 16.8 Å². The highest BCUT2D eigenvalue weighted by Gasteiger charge is 2.08. The van der Waals surface area contributed by atoms with Gasteiger partial charge in [0.15, 0.2) is 0 Å². The summed E-state index contributed by atoms with van der Waals surface area (Å²) in [6.07, 6.45) is 2.01. The molecule has 2 aromatic rings. The van der Waals surface area contributed by atoms with Gasteiger partial charge in [-0.1, -0.05) is 30.3 Å². The predicted octanol–water partition coefficient (Wildman–Crippen LogP) is 2.80. The summed E-state index contributed by atoms with van der Waals surface area (Å²) in [7, 11) is 0. The van der Waals surface area contributed by atoms with Crippen LogP contribution < -0.4 is 16.8 Å². The molecule has 4 heteroatoms. The highest BCUT2D eigenvalue weighted by atomic mass is 16.1. The van der Waals surface area contributed by atoms with Crippen molar-refractivity contribution in [1.29, 1.82) is 0 Å². The van der Waals surface area contributed by atoms with Crippen molar-refractivity contribution < 1.29 is 4.79 Å². The molecule has 2 rings (SSSR count). The van der Waals surface area contributed by atoms with E-state index in [-0.39, 0.29) is 6.04 Å². The third-order valence-electron chi connectivity index (χ3n) is 3.45. The molecule has 0 saturated carbocycles. The molecule has 21 heavy (non-hydrogen) atoms. The summed E-state index contributed by atoms with van der Waals surface area (Å²) in [6, 6.07) is 15.8. The Balaban J connectivity index is 1.93. The molecular formula is C17H21N3O. The van der Waals surface area contributed by atoms with Gasteiger partial charge in [-0.25, -0.2) is 0 Å². The molecule has 0 radical (unpaired) electrons. The summed E-state index contributed by atoms with van der Waals surface area (Å²) in [5.41, 5.74) is 14.3. The number of rotatable bonds is 6. The quantitative estimate of drug-likeness (QED) is 0.713. The molecule has 0 aliphatic carbocycles. The number of nitrogens with two attached hydrogens (primary N) is 2. The molecule has 0 saturated heterocycles. The largest absolute Gasteiger partial charge is 0.397 e. The maximum Gasteiger partial charge on any atom is 0.248 e. The molecule has 110 valence electrons. The van der Waals surface area contributed by atoms with Crippen molar-refractivity contribution in [1.82, 2.24) is 0 Å². The first kappa shape index (κ1) is 14.9. The van der Waals surface area contributed by atoms with Crippen LogP contribution in [-0.2, 0) is 6.42 Å². The summed E-state index contributed by atoms with van der Waals surface area (Å²) in [5, 5.41) is 3.37. The van der Waals surface area contributed by atoms with Crippen LogP contribution in [0.3, 0.4) is 0 Å². The van der Waals surface area contributed by atoms with Gasteiger partial charge in [-0.2, -0.15) is 0 Å². The highest BCUT2D eigenvalue weighted by Crippen LogP contribution is 2.21. The number of amides is 1. The Hall–Kier alpha value is -2.49. The van der Waals surface area contributed by atoms with Crippen LogP contribution in [-0.4, -0.2) is 11.9 Å². The number of carbonyl (C=O) groups is 1. The summed E-state index contributed by atoms with van der Waals surface area (Å²) in [6.45, 7) is 2.12. The van der Waals surface area contributed by atoms with E-state index >= 15 is 0 Å². The smallest absolute Gasteiger partial charge is 0.248 e. The second-order valence-corrected chi connectivity index (χ2v) is 5.24. The fourth-order valence-electron chi connectivity index (χ4n) is 2.21. The van der Waals surface area contributed by atoms with Crippen LogP contribution in [0.5, 0.6) is 0 Å². The van der Waals surface area contributed by atoms with Gasteiger partial charge in [0.05, 0.1) is 11.4 Å². The molecule has 0 bridgehead atoms. The van der Waals surface area contributed by atoms with Crippen molar-refractivity contribution in [2.75, 3.05) is 11.1 Å². The Morgan fingerprint density at radius 1 is 1.19 bits per heavy atom. The van der Waals surface area contributed by atoms with Crippen molar-refractivity contribution >= 4 is 17.3 Å². The predicted molar refractivity (Wildman–Crippen MR) is 87.2 cm³/mol. The van der Waals surface area contributed by atoms with Gasteiger partial charge >= 0.3 is 0 Å². The van der Waals surface area contributed by atoms with E-state index in [0.717, 1.165) is 18.5 Å². The average molecular weight is 283 g/mol.